The van der Waals surface area contributed by atoms with Crippen LogP contribution in [0, 0.1) is 0 Å². The second-order valence-corrected chi connectivity index (χ2v) is 7.08. The molecule has 0 spiro atoms. The van der Waals surface area contributed by atoms with Crippen LogP contribution in [0.3, 0.4) is 0 Å². The summed E-state index contributed by atoms with van der Waals surface area (Å²) in [6, 6.07) is 0. The van der Waals surface area contributed by atoms with Gasteiger partial charge in [0.05, 0.1) is 0 Å². The fraction of sp³-hybridized carbons (Fsp3) is 1.00. The predicted molar refractivity (Wildman–Crippen MR) is 52.2 cm³/mol. The lowest BCUT2D eigenvalue weighted by Gasteiger charge is -2.29. The van der Waals surface area contributed by atoms with Crippen LogP contribution < -0.4 is 5.32 Å². The average Bonchev–Trinajstić information content (AvgIpc) is 2.00. The minimum absolute atomic E-state index is 0.0310. The second-order valence-electron chi connectivity index (χ2n) is 3.07. The molecule has 0 amide bonds. The maximum absolute atomic E-state index is 10.8. The van der Waals surface area contributed by atoms with Crippen LogP contribution in [0.2, 0.25) is 0 Å². The predicted octanol–water partition coefficient (Wildman–Crippen LogP) is -1.01. The summed E-state index contributed by atoms with van der Waals surface area (Å²) < 4.78 is 21.7. The van der Waals surface area contributed by atoms with Crippen molar-refractivity contribution in [1.29, 1.82) is 0 Å². The molecule has 0 heterocycles. The van der Waals surface area contributed by atoms with Gasteiger partial charge in [0.2, 0.25) is 0 Å². The molecule has 6 N–H and O–H groups in total. The van der Waals surface area contributed by atoms with Gasteiger partial charge in [0.15, 0.2) is 0 Å². The number of nitrogens with one attached hydrogen (secondary N) is 1. The summed E-state index contributed by atoms with van der Waals surface area (Å²) in [6.45, 7) is 0.280. The lowest BCUT2D eigenvalue weighted by molar-refractivity contribution is 0.121. The van der Waals surface area contributed by atoms with Crippen LogP contribution in [0.5, 0.6) is 0 Å². The summed E-state index contributed by atoms with van der Waals surface area (Å²) >= 11 is 0. The summed E-state index contributed by atoms with van der Waals surface area (Å²) in [4.78, 5) is 34.9. The molecule has 0 bridgehead atoms. The Kier molecular flexibility index (Phi) is 5.11. The average molecular weight is 263 g/mol. The van der Waals surface area contributed by atoms with Gasteiger partial charge in [-0.2, -0.15) is 0 Å². The van der Waals surface area contributed by atoms with E-state index in [0.717, 1.165) is 0 Å². The van der Waals surface area contributed by atoms with Crippen molar-refractivity contribution in [1.82, 2.24) is 5.32 Å². The zero-order valence-electron chi connectivity index (χ0n) is 8.07. The van der Waals surface area contributed by atoms with Gasteiger partial charge in [0.1, 0.15) is 0 Å². The highest BCUT2D eigenvalue weighted by molar-refractivity contribution is 7.72. The zero-order chi connectivity index (χ0) is 12.3. The molecule has 0 rings (SSSR count). The van der Waals surface area contributed by atoms with Gasteiger partial charge in [-0.25, -0.2) is 0 Å². The van der Waals surface area contributed by atoms with E-state index in [0.29, 0.717) is 0 Å². The number of rotatable bonds is 6. The smallest absolute Gasteiger partial charge is 0.368 e. The first-order valence-electron chi connectivity index (χ1n) is 4.04. The first-order valence-corrected chi connectivity index (χ1v) is 7.27. The zero-order valence-corrected chi connectivity index (χ0v) is 9.86. The normalized spacial score (nSPS) is 14.3. The third kappa shape index (κ3) is 3.62. The second kappa shape index (κ2) is 5.03. The largest absolute Gasteiger partial charge is 0.369 e. The van der Waals surface area contributed by atoms with E-state index in [9.17, 15) is 14.2 Å². The van der Waals surface area contributed by atoms with Gasteiger partial charge in [-0.3, -0.25) is 9.13 Å². The van der Waals surface area contributed by atoms with Crippen LogP contribution in [0.15, 0.2) is 0 Å². The van der Waals surface area contributed by atoms with Crippen molar-refractivity contribution >= 4 is 15.2 Å². The molecule has 0 radical (unpaired) electrons. The van der Waals surface area contributed by atoms with Gasteiger partial charge >= 0.3 is 15.2 Å². The molecule has 10 heteroatoms. The van der Waals surface area contributed by atoms with Crippen molar-refractivity contribution in [3.63, 3.8) is 0 Å². The monoisotopic (exact) mass is 263 g/mol. The molecule has 0 atom stereocenters. The summed E-state index contributed by atoms with van der Waals surface area (Å²) in [6.07, 6.45) is -0.647. The molecule has 0 fully saturated rings. The summed E-state index contributed by atoms with van der Waals surface area (Å²) in [5.74, 6) is 0. The molecular weight excluding hydrogens is 248 g/mol. The van der Waals surface area contributed by atoms with Crippen LogP contribution >= 0.6 is 15.2 Å². The van der Waals surface area contributed by atoms with E-state index in [1.807, 2.05) is 0 Å². The Morgan fingerprint density at radius 2 is 1.53 bits per heavy atom. The third-order valence-electron chi connectivity index (χ3n) is 1.87. The fourth-order valence-corrected chi connectivity index (χ4v) is 3.22. The first kappa shape index (κ1) is 15.2. The molecule has 0 unspecified atom stereocenters. The van der Waals surface area contributed by atoms with Crippen molar-refractivity contribution in [3.05, 3.63) is 0 Å². The highest BCUT2D eigenvalue weighted by atomic mass is 31.2. The summed E-state index contributed by atoms with van der Waals surface area (Å²) in [5.41, 5.74) is 0. The molecule has 0 aliphatic rings. The third-order valence-corrected chi connectivity index (χ3v) is 5.75. The number of aliphatic hydroxyl groups is 1. The lowest BCUT2D eigenvalue weighted by atomic mass is 10.3. The molecule has 0 aromatic heterocycles. The maximum atomic E-state index is 10.8. The van der Waals surface area contributed by atoms with E-state index >= 15 is 0 Å². The number of hydrogen-bond donors (Lipinski definition) is 6. The molecule has 0 aromatic rings. The highest BCUT2D eigenvalue weighted by Crippen LogP contribution is 2.69. The van der Waals surface area contributed by atoms with Crippen LogP contribution in [0.4, 0.5) is 0 Å². The Morgan fingerprint density at radius 3 is 1.80 bits per heavy atom. The molecule has 15 heavy (non-hydrogen) atoms. The molecule has 0 saturated carbocycles. The minimum Gasteiger partial charge on any atom is -0.368 e. The van der Waals surface area contributed by atoms with Crippen molar-refractivity contribution < 1.29 is 33.8 Å². The van der Waals surface area contributed by atoms with E-state index in [1.54, 1.807) is 7.05 Å². The van der Waals surface area contributed by atoms with Gasteiger partial charge in [0.25, 0.3) is 5.08 Å². The molecule has 0 saturated heterocycles. The van der Waals surface area contributed by atoms with Crippen molar-refractivity contribution in [2.45, 2.75) is 17.9 Å². The number of hydrogen-bond acceptors (Lipinski definition) is 4. The summed E-state index contributed by atoms with van der Waals surface area (Å²) in [5, 5.41) is 8.70. The topological polar surface area (TPSA) is 147 Å². The Morgan fingerprint density at radius 1 is 1.13 bits per heavy atom. The van der Waals surface area contributed by atoms with E-state index in [2.05, 4.69) is 5.32 Å². The summed E-state index contributed by atoms with van der Waals surface area (Å²) in [7, 11) is -9.01. The molecule has 92 valence electrons. The van der Waals surface area contributed by atoms with E-state index in [1.165, 1.54) is 0 Å². The van der Waals surface area contributed by atoms with Crippen molar-refractivity contribution in [3.8, 4) is 0 Å². The Hall–Kier alpha value is 0.220. The molecule has 0 aliphatic heterocycles. The van der Waals surface area contributed by atoms with Crippen molar-refractivity contribution in [2.75, 3.05) is 13.6 Å². The van der Waals surface area contributed by atoms with Crippen LogP contribution in [-0.2, 0) is 9.13 Å². The molecular formula is C5H15NO7P2. The van der Waals surface area contributed by atoms with E-state index in [-0.39, 0.29) is 13.0 Å². The van der Waals surface area contributed by atoms with Gasteiger partial charge in [0, 0.05) is 6.42 Å². The van der Waals surface area contributed by atoms with Crippen LogP contribution in [0.25, 0.3) is 0 Å². The van der Waals surface area contributed by atoms with E-state index in [4.69, 9.17) is 19.6 Å². The van der Waals surface area contributed by atoms with Gasteiger partial charge in [-0.15, -0.1) is 0 Å². The molecule has 8 nitrogen and oxygen atoms in total. The van der Waals surface area contributed by atoms with Gasteiger partial charge in [-0.05, 0) is 20.0 Å². The Bertz CT molecular complexity index is 272. The molecule has 0 aliphatic carbocycles. The Balaban J connectivity index is 4.91. The standard InChI is InChI=1S/C5H15NO7P2/c1-6-4-2-3-5(7,14(8,9)10)15(11,12)13/h6-7H,2-4H2,1H3,(H2,8,9,10)(H2,11,12,13). The minimum atomic E-state index is -5.28. The first-order chi connectivity index (χ1) is 6.56. The van der Waals surface area contributed by atoms with Gasteiger partial charge in [-0.1, -0.05) is 0 Å². The van der Waals surface area contributed by atoms with Gasteiger partial charge < -0.3 is 30.0 Å². The van der Waals surface area contributed by atoms with Crippen LogP contribution in [-0.4, -0.2) is 43.4 Å². The lowest BCUT2D eigenvalue weighted by Crippen LogP contribution is -2.29. The molecule has 0 aromatic carbocycles. The fourth-order valence-electron chi connectivity index (χ4n) is 0.963. The van der Waals surface area contributed by atoms with Crippen LogP contribution in [0.1, 0.15) is 12.8 Å². The highest BCUT2D eigenvalue weighted by Gasteiger charge is 2.58. The Labute approximate surface area is 86.6 Å². The maximum Gasteiger partial charge on any atom is 0.369 e. The SMILES string of the molecule is CNCCCC(O)(P(=O)(O)O)P(=O)(O)O. The van der Waals surface area contributed by atoms with E-state index < -0.39 is 26.7 Å². The van der Waals surface area contributed by atoms with Crippen molar-refractivity contribution in [2.24, 2.45) is 0 Å². The quantitative estimate of drug-likeness (QED) is 0.264.